The normalized spacial score (nSPS) is 31.9. The lowest BCUT2D eigenvalue weighted by molar-refractivity contribution is -0.148. The maximum atomic E-state index is 13.1. The predicted octanol–water partition coefficient (Wildman–Crippen LogP) is 2.67. The molecule has 0 radical (unpaired) electrons. The largest absolute Gasteiger partial charge is 0.347 e. The van der Waals surface area contributed by atoms with E-state index in [1.165, 1.54) is 19.3 Å². The highest BCUT2D eigenvalue weighted by Crippen LogP contribution is 2.60. The number of hydrogen-bond acceptors (Lipinski definition) is 6. The Hall–Kier alpha value is -2.22. The maximum Gasteiger partial charge on any atom is 0.242 e. The first-order chi connectivity index (χ1) is 15.1. The average molecular weight is 440 g/mol. The molecule has 1 aliphatic heterocycles. The average Bonchev–Trinajstić information content (AvgIpc) is 3.21. The number of aromatic nitrogens is 2. The second-order valence-electron chi connectivity index (χ2n) is 10.1. The second kappa shape index (κ2) is 7.43. The van der Waals surface area contributed by atoms with E-state index in [1.807, 2.05) is 17.0 Å². The highest BCUT2D eigenvalue weighted by Gasteiger charge is 2.54. The Morgan fingerprint density at radius 1 is 1.06 bits per heavy atom. The molecule has 2 amide bonds. The summed E-state index contributed by atoms with van der Waals surface area (Å²) in [6, 6.07) is 3.88. The molecular weight excluding hydrogens is 410 g/mol. The maximum absolute atomic E-state index is 13.1. The first kappa shape index (κ1) is 19.5. The number of carbonyl (C=O) groups excluding carboxylic acids is 2. The van der Waals surface area contributed by atoms with Crippen LogP contribution in [0, 0.1) is 23.2 Å². The van der Waals surface area contributed by atoms with Crippen LogP contribution in [0.25, 0.3) is 10.3 Å². The zero-order chi connectivity index (χ0) is 21.0. The van der Waals surface area contributed by atoms with Gasteiger partial charge >= 0.3 is 0 Å². The Kier molecular flexibility index (Phi) is 4.67. The van der Waals surface area contributed by atoms with Crippen LogP contribution >= 0.6 is 11.3 Å². The summed E-state index contributed by atoms with van der Waals surface area (Å²) in [6.45, 7) is 2.97. The van der Waals surface area contributed by atoms with Gasteiger partial charge in [-0.2, -0.15) is 0 Å². The number of pyridine rings is 1. The van der Waals surface area contributed by atoms with E-state index in [2.05, 4.69) is 20.2 Å². The van der Waals surface area contributed by atoms with Gasteiger partial charge in [-0.05, 0) is 68.4 Å². The van der Waals surface area contributed by atoms with Crippen LogP contribution in [0.3, 0.4) is 0 Å². The fourth-order valence-corrected chi connectivity index (χ4v) is 7.85. The summed E-state index contributed by atoms with van der Waals surface area (Å²) in [5.41, 5.74) is 0.739. The molecule has 1 saturated heterocycles. The Bertz CT molecular complexity index is 944. The Labute approximate surface area is 186 Å². The van der Waals surface area contributed by atoms with Gasteiger partial charge < -0.3 is 15.1 Å². The lowest BCUT2D eigenvalue weighted by Crippen LogP contribution is -2.56. The summed E-state index contributed by atoms with van der Waals surface area (Å²) in [6.07, 6.45) is 8.86. The second-order valence-corrected chi connectivity index (χ2v) is 11.0. The van der Waals surface area contributed by atoms with Crippen LogP contribution in [-0.4, -0.2) is 59.4 Å². The lowest BCUT2D eigenvalue weighted by atomic mass is 9.49. The van der Waals surface area contributed by atoms with Crippen LogP contribution in [-0.2, 0) is 9.59 Å². The number of thiazole rings is 1. The molecule has 4 aliphatic carbocycles. The van der Waals surface area contributed by atoms with Crippen molar-refractivity contribution in [2.45, 2.75) is 38.5 Å². The van der Waals surface area contributed by atoms with E-state index >= 15 is 0 Å². The third kappa shape index (κ3) is 3.49. The van der Waals surface area contributed by atoms with Gasteiger partial charge in [0.1, 0.15) is 10.3 Å². The highest BCUT2D eigenvalue weighted by molar-refractivity contribution is 7.21. The Morgan fingerprint density at radius 3 is 2.39 bits per heavy atom. The third-order valence-electron chi connectivity index (χ3n) is 7.98. The zero-order valence-electron chi connectivity index (χ0n) is 17.8. The predicted molar refractivity (Wildman–Crippen MR) is 120 cm³/mol. The number of anilines is 1. The Morgan fingerprint density at radius 2 is 1.74 bits per heavy atom. The smallest absolute Gasteiger partial charge is 0.242 e. The molecular formula is C23H29N5O2S. The molecule has 4 bridgehead atoms. The minimum Gasteiger partial charge on any atom is -0.347 e. The van der Waals surface area contributed by atoms with Gasteiger partial charge in [-0.1, -0.05) is 11.3 Å². The molecule has 4 saturated carbocycles. The molecule has 164 valence electrons. The van der Waals surface area contributed by atoms with Crippen molar-refractivity contribution in [3.8, 4) is 0 Å². The van der Waals surface area contributed by atoms with Crippen molar-refractivity contribution in [2.75, 3.05) is 37.6 Å². The first-order valence-corrected chi connectivity index (χ1v) is 12.4. The number of piperazine rings is 1. The summed E-state index contributed by atoms with van der Waals surface area (Å²) in [7, 11) is 0. The van der Waals surface area contributed by atoms with Crippen molar-refractivity contribution in [3.05, 3.63) is 18.3 Å². The first-order valence-electron chi connectivity index (χ1n) is 11.6. The van der Waals surface area contributed by atoms with Crippen LogP contribution < -0.4 is 10.2 Å². The SMILES string of the molecule is O=C(CNC(=O)C12CC3CC(CC(C3)C1)C2)N1CCN(c2nc3cccnc3s2)CC1. The van der Waals surface area contributed by atoms with E-state index in [0.717, 1.165) is 65.6 Å². The van der Waals surface area contributed by atoms with E-state index in [0.29, 0.717) is 13.1 Å². The van der Waals surface area contributed by atoms with E-state index in [-0.39, 0.29) is 23.8 Å². The molecule has 3 heterocycles. The molecule has 2 aromatic heterocycles. The van der Waals surface area contributed by atoms with Crippen molar-refractivity contribution in [2.24, 2.45) is 23.2 Å². The fraction of sp³-hybridized carbons (Fsp3) is 0.652. The Balaban J connectivity index is 1.03. The minimum absolute atomic E-state index is 0.0312. The van der Waals surface area contributed by atoms with Gasteiger partial charge in [0.05, 0.1) is 6.54 Å². The molecule has 5 aliphatic rings. The number of hydrogen-bond donors (Lipinski definition) is 1. The van der Waals surface area contributed by atoms with Crippen molar-refractivity contribution in [1.82, 2.24) is 20.2 Å². The molecule has 0 unspecified atom stereocenters. The van der Waals surface area contributed by atoms with E-state index in [1.54, 1.807) is 17.5 Å². The van der Waals surface area contributed by atoms with Crippen molar-refractivity contribution in [3.63, 3.8) is 0 Å². The molecule has 0 aromatic carbocycles. The standard InChI is InChI=1S/C23H29N5O2S/c29-19(14-25-21(30)23-11-15-8-16(12-23)10-17(9-15)13-23)27-4-6-28(7-5-27)22-26-18-2-1-3-24-20(18)31-22/h1-3,15-17H,4-14H2,(H,25,30). The van der Waals surface area contributed by atoms with Gasteiger partial charge in [0.15, 0.2) is 5.13 Å². The molecule has 7 nitrogen and oxygen atoms in total. The van der Waals surface area contributed by atoms with E-state index in [4.69, 9.17) is 0 Å². The van der Waals surface area contributed by atoms with Gasteiger partial charge in [-0.3, -0.25) is 9.59 Å². The van der Waals surface area contributed by atoms with Gasteiger partial charge in [-0.25, -0.2) is 9.97 Å². The molecule has 31 heavy (non-hydrogen) atoms. The summed E-state index contributed by atoms with van der Waals surface area (Å²) >= 11 is 1.60. The van der Waals surface area contributed by atoms with Crippen LogP contribution in [0.5, 0.6) is 0 Å². The highest BCUT2D eigenvalue weighted by atomic mass is 32.1. The number of amides is 2. The van der Waals surface area contributed by atoms with E-state index < -0.39 is 0 Å². The molecule has 0 spiro atoms. The fourth-order valence-electron chi connectivity index (χ4n) is 6.88. The zero-order valence-corrected chi connectivity index (χ0v) is 18.6. The van der Waals surface area contributed by atoms with Gasteiger partial charge in [0.25, 0.3) is 0 Å². The number of fused-ring (bicyclic) bond motifs is 1. The third-order valence-corrected chi connectivity index (χ3v) is 9.02. The molecule has 0 atom stereocenters. The van der Waals surface area contributed by atoms with Gasteiger partial charge in [0.2, 0.25) is 11.8 Å². The van der Waals surface area contributed by atoms with Crippen LogP contribution in [0.2, 0.25) is 0 Å². The summed E-state index contributed by atoms with van der Waals surface area (Å²) in [4.78, 5) is 40.0. The van der Waals surface area contributed by atoms with Crippen molar-refractivity contribution >= 4 is 38.6 Å². The van der Waals surface area contributed by atoms with Crippen molar-refractivity contribution in [1.29, 1.82) is 0 Å². The number of nitrogens with one attached hydrogen (secondary N) is 1. The van der Waals surface area contributed by atoms with Crippen LogP contribution in [0.4, 0.5) is 5.13 Å². The molecule has 1 N–H and O–H groups in total. The van der Waals surface area contributed by atoms with Crippen LogP contribution in [0.1, 0.15) is 38.5 Å². The van der Waals surface area contributed by atoms with Crippen LogP contribution in [0.15, 0.2) is 18.3 Å². The summed E-state index contributed by atoms with van der Waals surface area (Å²) < 4.78 is 0. The van der Waals surface area contributed by atoms with Gasteiger partial charge in [0, 0.05) is 37.8 Å². The van der Waals surface area contributed by atoms with Crippen molar-refractivity contribution < 1.29 is 9.59 Å². The number of rotatable bonds is 4. The monoisotopic (exact) mass is 439 g/mol. The molecule has 2 aromatic rings. The lowest BCUT2D eigenvalue weighted by Gasteiger charge is -2.55. The summed E-state index contributed by atoms with van der Waals surface area (Å²) in [5.74, 6) is 2.37. The van der Waals surface area contributed by atoms with E-state index in [9.17, 15) is 9.59 Å². The topological polar surface area (TPSA) is 78.4 Å². The molecule has 5 fully saturated rings. The minimum atomic E-state index is -0.186. The van der Waals surface area contributed by atoms with Gasteiger partial charge in [-0.15, -0.1) is 0 Å². The molecule has 8 heteroatoms. The summed E-state index contributed by atoms with van der Waals surface area (Å²) in [5, 5.41) is 4.00. The quantitative estimate of drug-likeness (QED) is 0.793. The number of carbonyl (C=O) groups is 2. The molecule has 7 rings (SSSR count). The number of nitrogens with zero attached hydrogens (tertiary/aromatic N) is 4.